The fourth-order valence-electron chi connectivity index (χ4n) is 2.89. The van der Waals surface area contributed by atoms with Crippen LogP contribution in [0.15, 0.2) is 18.2 Å². The van der Waals surface area contributed by atoms with Gasteiger partial charge in [0.15, 0.2) is 0 Å². The lowest BCUT2D eigenvalue weighted by Gasteiger charge is -2.29. The van der Waals surface area contributed by atoms with Gasteiger partial charge in [-0.15, -0.1) is 0 Å². The van der Waals surface area contributed by atoms with Crippen molar-refractivity contribution < 1.29 is 4.79 Å². The first-order valence-electron chi connectivity index (χ1n) is 6.88. The number of nitrogens with one attached hydrogen (secondary N) is 1. The van der Waals surface area contributed by atoms with E-state index in [0.29, 0.717) is 22.7 Å². The van der Waals surface area contributed by atoms with E-state index >= 15 is 0 Å². The average Bonchev–Trinajstić information content (AvgIpc) is 2.79. The molecule has 2 rings (SSSR count). The summed E-state index contributed by atoms with van der Waals surface area (Å²) < 4.78 is 0. The Morgan fingerprint density at radius 3 is 2.84 bits per heavy atom. The smallest absolute Gasteiger partial charge is 0.256 e. The molecule has 1 aromatic rings. The van der Waals surface area contributed by atoms with Gasteiger partial charge in [0.05, 0.1) is 5.56 Å². The number of amides is 1. The molecule has 0 radical (unpaired) electrons. The number of hydrogen-bond donors (Lipinski definition) is 1. The van der Waals surface area contributed by atoms with Crippen LogP contribution in [-0.4, -0.2) is 29.9 Å². The predicted molar refractivity (Wildman–Crippen MR) is 79.9 cm³/mol. The Balaban J connectivity index is 2.35. The maximum Gasteiger partial charge on any atom is 0.256 e. The van der Waals surface area contributed by atoms with Gasteiger partial charge in [0, 0.05) is 29.8 Å². The quantitative estimate of drug-likeness (QED) is 0.914. The number of halogens is 1. The monoisotopic (exact) mass is 280 g/mol. The molecule has 1 fully saturated rings. The minimum atomic E-state index is 0.0868. The number of likely N-dealkylation sites (tertiary alicyclic amines) is 1. The number of anilines is 1. The van der Waals surface area contributed by atoms with E-state index in [0.717, 1.165) is 24.9 Å². The van der Waals surface area contributed by atoms with E-state index in [9.17, 15) is 4.79 Å². The van der Waals surface area contributed by atoms with Gasteiger partial charge in [-0.25, -0.2) is 0 Å². The Bertz CT molecular complexity index is 475. The molecule has 0 aliphatic carbocycles. The van der Waals surface area contributed by atoms with Crippen molar-refractivity contribution in [1.82, 2.24) is 4.90 Å². The fraction of sp³-hybridized carbons (Fsp3) is 0.533. The van der Waals surface area contributed by atoms with Crippen molar-refractivity contribution in [2.75, 3.05) is 12.4 Å². The molecule has 1 heterocycles. The van der Waals surface area contributed by atoms with Crippen LogP contribution in [0.25, 0.3) is 0 Å². The Labute approximate surface area is 119 Å². The standard InChI is InChI=1S/C15H21ClN2O/c1-4-12-7-5-10(2)18(12)15(19)13-9-11(16)6-8-14(13)17-3/h6,8-10,12,17H,4-5,7H2,1-3H3. The number of hydrogen-bond acceptors (Lipinski definition) is 2. The molecule has 1 aliphatic rings. The number of benzene rings is 1. The third kappa shape index (κ3) is 2.71. The summed E-state index contributed by atoms with van der Waals surface area (Å²) in [4.78, 5) is 14.8. The number of carbonyl (C=O) groups is 1. The summed E-state index contributed by atoms with van der Waals surface area (Å²) in [5, 5.41) is 3.67. The zero-order chi connectivity index (χ0) is 14.0. The summed E-state index contributed by atoms with van der Waals surface area (Å²) >= 11 is 6.03. The number of carbonyl (C=O) groups excluding carboxylic acids is 1. The predicted octanol–water partition coefficient (Wildman–Crippen LogP) is 3.78. The van der Waals surface area contributed by atoms with Gasteiger partial charge in [0.1, 0.15) is 0 Å². The molecule has 1 aromatic carbocycles. The SMILES string of the molecule is CCC1CCC(C)N1C(=O)c1cc(Cl)ccc1NC. The first-order chi connectivity index (χ1) is 9.08. The van der Waals surface area contributed by atoms with Crippen LogP contribution in [0.5, 0.6) is 0 Å². The maximum absolute atomic E-state index is 12.8. The van der Waals surface area contributed by atoms with Crippen molar-refractivity contribution in [2.45, 2.75) is 45.2 Å². The number of nitrogens with zero attached hydrogens (tertiary/aromatic N) is 1. The second kappa shape index (κ2) is 5.83. The van der Waals surface area contributed by atoms with E-state index in [1.807, 2.05) is 18.0 Å². The maximum atomic E-state index is 12.8. The van der Waals surface area contributed by atoms with Crippen molar-refractivity contribution in [3.63, 3.8) is 0 Å². The molecule has 0 bridgehead atoms. The normalized spacial score (nSPS) is 22.6. The molecule has 1 aliphatic heterocycles. The van der Waals surface area contributed by atoms with Gasteiger partial charge in [-0.1, -0.05) is 18.5 Å². The lowest BCUT2D eigenvalue weighted by Crippen LogP contribution is -2.39. The molecule has 2 unspecified atom stereocenters. The van der Waals surface area contributed by atoms with Crippen LogP contribution in [0, 0.1) is 0 Å². The van der Waals surface area contributed by atoms with Crippen molar-refractivity contribution >= 4 is 23.2 Å². The molecule has 1 N–H and O–H groups in total. The third-order valence-corrected chi connectivity index (χ3v) is 4.21. The first-order valence-corrected chi connectivity index (χ1v) is 7.26. The van der Waals surface area contributed by atoms with Gasteiger partial charge in [0.25, 0.3) is 5.91 Å². The molecule has 4 heteroatoms. The Morgan fingerprint density at radius 1 is 1.47 bits per heavy atom. The lowest BCUT2D eigenvalue weighted by molar-refractivity contribution is 0.0677. The summed E-state index contributed by atoms with van der Waals surface area (Å²) in [6.07, 6.45) is 3.18. The van der Waals surface area contributed by atoms with Crippen LogP contribution in [0.3, 0.4) is 0 Å². The summed E-state index contributed by atoms with van der Waals surface area (Å²) in [6.45, 7) is 4.26. The van der Waals surface area contributed by atoms with Crippen molar-refractivity contribution in [2.24, 2.45) is 0 Å². The van der Waals surface area contributed by atoms with Crippen molar-refractivity contribution in [3.8, 4) is 0 Å². The number of rotatable bonds is 3. The molecule has 19 heavy (non-hydrogen) atoms. The van der Waals surface area contributed by atoms with Crippen LogP contribution >= 0.6 is 11.6 Å². The third-order valence-electron chi connectivity index (χ3n) is 3.97. The van der Waals surface area contributed by atoms with Gasteiger partial charge in [-0.2, -0.15) is 0 Å². The van der Waals surface area contributed by atoms with Crippen LogP contribution in [-0.2, 0) is 0 Å². The molecule has 1 saturated heterocycles. The molecular weight excluding hydrogens is 260 g/mol. The molecule has 3 nitrogen and oxygen atoms in total. The molecule has 0 aromatic heterocycles. The molecule has 0 saturated carbocycles. The summed E-state index contributed by atoms with van der Waals surface area (Å²) in [6, 6.07) is 6.08. The van der Waals surface area contributed by atoms with E-state index in [2.05, 4.69) is 19.2 Å². The first kappa shape index (κ1) is 14.2. The largest absolute Gasteiger partial charge is 0.387 e. The van der Waals surface area contributed by atoms with Crippen LogP contribution in [0.1, 0.15) is 43.5 Å². The Morgan fingerprint density at radius 2 is 2.21 bits per heavy atom. The van der Waals surface area contributed by atoms with Gasteiger partial charge >= 0.3 is 0 Å². The average molecular weight is 281 g/mol. The van der Waals surface area contributed by atoms with Crippen LogP contribution in [0.2, 0.25) is 5.02 Å². The van der Waals surface area contributed by atoms with E-state index in [-0.39, 0.29) is 5.91 Å². The molecule has 2 atom stereocenters. The minimum Gasteiger partial charge on any atom is -0.387 e. The lowest BCUT2D eigenvalue weighted by atomic mass is 10.1. The topological polar surface area (TPSA) is 32.3 Å². The van der Waals surface area contributed by atoms with Crippen LogP contribution in [0.4, 0.5) is 5.69 Å². The minimum absolute atomic E-state index is 0.0868. The summed E-state index contributed by atoms with van der Waals surface area (Å²) in [7, 11) is 1.82. The second-order valence-corrected chi connectivity index (χ2v) is 5.58. The highest BCUT2D eigenvalue weighted by atomic mass is 35.5. The van der Waals surface area contributed by atoms with Crippen molar-refractivity contribution in [3.05, 3.63) is 28.8 Å². The fourth-order valence-corrected chi connectivity index (χ4v) is 3.06. The molecular formula is C15H21ClN2O. The highest BCUT2D eigenvalue weighted by molar-refractivity contribution is 6.31. The van der Waals surface area contributed by atoms with Gasteiger partial charge < -0.3 is 10.2 Å². The van der Waals surface area contributed by atoms with Crippen molar-refractivity contribution in [1.29, 1.82) is 0 Å². The Kier molecular flexibility index (Phi) is 4.35. The highest BCUT2D eigenvalue weighted by Gasteiger charge is 2.34. The zero-order valence-corrected chi connectivity index (χ0v) is 12.5. The van der Waals surface area contributed by atoms with E-state index in [4.69, 9.17) is 11.6 Å². The van der Waals surface area contributed by atoms with E-state index in [1.165, 1.54) is 0 Å². The van der Waals surface area contributed by atoms with Gasteiger partial charge in [0.2, 0.25) is 0 Å². The van der Waals surface area contributed by atoms with E-state index in [1.54, 1.807) is 12.1 Å². The van der Waals surface area contributed by atoms with Gasteiger partial charge in [-0.3, -0.25) is 4.79 Å². The van der Waals surface area contributed by atoms with Crippen LogP contribution < -0.4 is 5.32 Å². The zero-order valence-electron chi connectivity index (χ0n) is 11.7. The molecule has 0 spiro atoms. The summed E-state index contributed by atoms with van der Waals surface area (Å²) in [5.74, 6) is 0.0868. The Hall–Kier alpha value is -1.22. The van der Waals surface area contributed by atoms with E-state index < -0.39 is 0 Å². The molecule has 104 valence electrons. The van der Waals surface area contributed by atoms with Gasteiger partial charge in [-0.05, 0) is 44.4 Å². The summed E-state index contributed by atoms with van der Waals surface area (Å²) in [5.41, 5.74) is 1.51. The second-order valence-electron chi connectivity index (χ2n) is 5.14. The highest BCUT2D eigenvalue weighted by Crippen LogP contribution is 2.30. The molecule has 1 amide bonds.